The maximum Gasteiger partial charge on any atom is 0.266 e. The summed E-state index contributed by atoms with van der Waals surface area (Å²) in [4.78, 5) is 22.7. The molecule has 2 aromatic heterocycles. The first kappa shape index (κ1) is 20.3. The highest BCUT2D eigenvalue weighted by Gasteiger charge is 2.21. The second-order valence-electron chi connectivity index (χ2n) is 7.38. The normalized spacial score (nSPS) is 12.4. The molecule has 0 aliphatic rings. The van der Waals surface area contributed by atoms with E-state index in [0.29, 0.717) is 27.8 Å². The highest BCUT2D eigenvalue weighted by atomic mass is 32.2. The maximum atomic E-state index is 13.4. The van der Waals surface area contributed by atoms with Gasteiger partial charge in [-0.1, -0.05) is 42.0 Å². The standard InChI is InChI=1S/C23H24N4O2S/c1-5-8-20-25-21(29-26-20)16(4)30-23-24-19-10-7-6-9-18(19)22(28)27(23)17-12-11-14(2)15(3)13-17/h6-7,9-13,16H,5,8H2,1-4H3. The van der Waals surface area contributed by atoms with E-state index in [2.05, 4.69) is 24.0 Å². The zero-order valence-corrected chi connectivity index (χ0v) is 18.4. The molecular weight excluding hydrogens is 396 g/mol. The minimum atomic E-state index is -0.144. The Kier molecular flexibility index (Phi) is 5.72. The van der Waals surface area contributed by atoms with E-state index in [4.69, 9.17) is 9.51 Å². The molecule has 0 saturated heterocycles. The van der Waals surface area contributed by atoms with Gasteiger partial charge in [0.15, 0.2) is 11.0 Å². The summed E-state index contributed by atoms with van der Waals surface area (Å²) in [6.07, 6.45) is 1.74. The van der Waals surface area contributed by atoms with E-state index in [1.165, 1.54) is 17.3 Å². The second kappa shape index (κ2) is 8.44. The van der Waals surface area contributed by atoms with Gasteiger partial charge in [-0.25, -0.2) is 4.98 Å². The number of aryl methyl sites for hydroxylation is 3. The average Bonchev–Trinajstić information content (AvgIpc) is 3.20. The number of hydrogen-bond donors (Lipinski definition) is 0. The molecule has 30 heavy (non-hydrogen) atoms. The minimum Gasteiger partial charge on any atom is -0.338 e. The molecule has 0 radical (unpaired) electrons. The van der Waals surface area contributed by atoms with Crippen LogP contribution in [0.4, 0.5) is 0 Å². The third kappa shape index (κ3) is 3.89. The van der Waals surface area contributed by atoms with Crippen LogP contribution in [0.3, 0.4) is 0 Å². The Morgan fingerprint density at radius 2 is 1.90 bits per heavy atom. The summed E-state index contributed by atoms with van der Waals surface area (Å²) in [5.74, 6) is 1.25. The molecule has 0 saturated carbocycles. The molecule has 154 valence electrons. The molecular formula is C23H24N4O2S. The number of nitrogens with zero attached hydrogens (tertiary/aromatic N) is 4. The van der Waals surface area contributed by atoms with Crippen molar-refractivity contribution in [3.63, 3.8) is 0 Å². The molecule has 6 nitrogen and oxygen atoms in total. The van der Waals surface area contributed by atoms with E-state index in [-0.39, 0.29) is 10.8 Å². The van der Waals surface area contributed by atoms with Crippen molar-refractivity contribution < 1.29 is 4.52 Å². The van der Waals surface area contributed by atoms with E-state index in [0.717, 1.165) is 24.1 Å². The number of thioether (sulfide) groups is 1. The summed E-state index contributed by atoms with van der Waals surface area (Å²) in [7, 11) is 0. The molecule has 0 aliphatic heterocycles. The van der Waals surface area contributed by atoms with Crippen molar-refractivity contribution in [3.05, 3.63) is 75.7 Å². The van der Waals surface area contributed by atoms with E-state index in [1.54, 1.807) is 4.57 Å². The minimum absolute atomic E-state index is 0.0873. The van der Waals surface area contributed by atoms with Crippen molar-refractivity contribution in [2.75, 3.05) is 0 Å². The van der Waals surface area contributed by atoms with Crippen molar-refractivity contribution in [1.82, 2.24) is 19.7 Å². The monoisotopic (exact) mass is 420 g/mol. The molecule has 0 spiro atoms. The Morgan fingerprint density at radius 1 is 1.10 bits per heavy atom. The Labute approximate surface area is 179 Å². The van der Waals surface area contributed by atoms with E-state index in [1.807, 2.05) is 56.3 Å². The first-order chi connectivity index (χ1) is 14.5. The van der Waals surface area contributed by atoms with Gasteiger partial charge < -0.3 is 4.52 Å². The highest BCUT2D eigenvalue weighted by molar-refractivity contribution is 7.99. The predicted octanol–water partition coefficient (Wildman–Crippen LogP) is 5.19. The third-order valence-electron chi connectivity index (χ3n) is 5.08. The van der Waals surface area contributed by atoms with Gasteiger partial charge in [0.25, 0.3) is 5.56 Å². The molecule has 0 N–H and O–H groups in total. The lowest BCUT2D eigenvalue weighted by Crippen LogP contribution is -2.22. The van der Waals surface area contributed by atoms with Crippen LogP contribution in [0.25, 0.3) is 16.6 Å². The van der Waals surface area contributed by atoms with Gasteiger partial charge in [0.1, 0.15) is 0 Å². The number of fused-ring (bicyclic) bond motifs is 1. The largest absolute Gasteiger partial charge is 0.338 e. The van der Waals surface area contributed by atoms with Crippen LogP contribution in [-0.2, 0) is 6.42 Å². The molecule has 7 heteroatoms. The molecule has 1 atom stereocenters. The third-order valence-corrected chi connectivity index (χ3v) is 6.12. The Bertz CT molecular complexity index is 1260. The van der Waals surface area contributed by atoms with Crippen molar-refractivity contribution in [2.45, 2.75) is 50.9 Å². The zero-order chi connectivity index (χ0) is 21.3. The van der Waals surface area contributed by atoms with Crippen molar-refractivity contribution in [3.8, 4) is 5.69 Å². The van der Waals surface area contributed by atoms with Crippen molar-refractivity contribution in [1.29, 1.82) is 0 Å². The fourth-order valence-corrected chi connectivity index (χ4v) is 4.21. The number of hydrogen-bond acceptors (Lipinski definition) is 6. The van der Waals surface area contributed by atoms with E-state index in [9.17, 15) is 4.79 Å². The molecule has 2 heterocycles. The number of aromatic nitrogens is 4. The Hall–Kier alpha value is -2.93. The molecule has 0 fully saturated rings. The van der Waals surface area contributed by atoms with Gasteiger partial charge in [0.2, 0.25) is 5.89 Å². The van der Waals surface area contributed by atoms with Gasteiger partial charge in [-0.3, -0.25) is 9.36 Å². The van der Waals surface area contributed by atoms with Gasteiger partial charge >= 0.3 is 0 Å². The van der Waals surface area contributed by atoms with Crippen LogP contribution in [0.2, 0.25) is 0 Å². The number of para-hydroxylation sites is 1. The molecule has 4 aromatic rings. The van der Waals surface area contributed by atoms with Crippen LogP contribution < -0.4 is 5.56 Å². The van der Waals surface area contributed by atoms with Crippen LogP contribution in [0, 0.1) is 13.8 Å². The van der Waals surface area contributed by atoms with Gasteiger partial charge in [-0.05, 0) is 62.6 Å². The van der Waals surface area contributed by atoms with Gasteiger partial charge in [-0.15, -0.1) is 0 Å². The summed E-state index contributed by atoms with van der Waals surface area (Å²) in [6.45, 7) is 8.17. The lowest BCUT2D eigenvalue weighted by molar-refractivity contribution is 0.374. The summed E-state index contributed by atoms with van der Waals surface area (Å²) in [6, 6.07) is 13.4. The van der Waals surface area contributed by atoms with Crippen molar-refractivity contribution in [2.24, 2.45) is 0 Å². The Morgan fingerprint density at radius 3 is 2.67 bits per heavy atom. The zero-order valence-electron chi connectivity index (χ0n) is 17.5. The molecule has 2 aromatic carbocycles. The summed E-state index contributed by atoms with van der Waals surface area (Å²) < 4.78 is 7.13. The lowest BCUT2D eigenvalue weighted by atomic mass is 10.1. The average molecular weight is 421 g/mol. The van der Waals surface area contributed by atoms with E-state index < -0.39 is 0 Å². The molecule has 0 aliphatic carbocycles. The molecule has 1 unspecified atom stereocenters. The first-order valence-electron chi connectivity index (χ1n) is 10.1. The van der Waals surface area contributed by atoms with Crippen LogP contribution in [0.15, 0.2) is 56.9 Å². The quantitative estimate of drug-likeness (QED) is 0.316. The molecule has 4 rings (SSSR count). The molecule has 0 amide bonds. The molecule has 0 bridgehead atoms. The maximum absolute atomic E-state index is 13.4. The lowest BCUT2D eigenvalue weighted by Gasteiger charge is -2.16. The van der Waals surface area contributed by atoms with Crippen LogP contribution in [0.5, 0.6) is 0 Å². The smallest absolute Gasteiger partial charge is 0.266 e. The fraction of sp³-hybridized carbons (Fsp3) is 0.304. The SMILES string of the molecule is CCCc1noc(C(C)Sc2nc3ccccc3c(=O)n2-c2ccc(C)c(C)c2)n1. The second-order valence-corrected chi connectivity index (χ2v) is 8.69. The summed E-state index contributed by atoms with van der Waals surface area (Å²) in [5.41, 5.74) is 3.69. The van der Waals surface area contributed by atoms with Crippen LogP contribution in [-0.4, -0.2) is 19.7 Å². The summed E-state index contributed by atoms with van der Waals surface area (Å²) in [5, 5.41) is 5.10. The van der Waals surface area contributed by atoms with Gasteiger partial charge in [0.05, 0.1) is 21.8 Å². The Balaban J connectivity index is 1.82. The van der Waals surface area contributed by atoms with Crippen LogP contribution in [0.1, 0.15) is 48.4 Å². The van der Waals surface area contributed by atoms with Crippen molar-refractivity contribution >= 4 is 22.7 Å². The fourth-order valence-electron chi connectivity index (χ4n) is 3.25. The van der Waals surface area contributed by atoms with Gasteiger partial charge in [0, 0.05) is 6.42 Å². The predicted molar refractivity (Wildman–Crippen MR) is 119 cm³/mol. The summed E-state index contributed by atoms with van der Waals surface area (Å²) >= 11 is 1.44. The van der Waals surface area contributed by atoms with Crippen LogP contribution >= 0.6 is 11.8 Å². The van der Waals surface area contributed by atoms with Gasteiger partial charge in [-0.2, -0.15) is 4.98 Å². The first-order valence-corrected chi connectivity index (χ1v) is 10.9. The highest BCUT2D eigenvalue weighted by Crippen LogP contribution is 2.34. The number of rotatable bonds is 6. The van der Waals surface area contributed by atoms with E-state index >= 15 is 0 Å². The number of benzene rings is 2. The topological polar surface area (TPSA) is 73.8 Å².